The summed E-state index contributed by atoms with van der Waals surface area (Å²) < 4.78 is 5.32. The van der Waals surface area contributed by atoms with Crippen LogP contribution in [-0.4, -0.2) is 34.4 Å². The fourth-order valence-electron chi connectivity index (χ4n) is 3.01. The Morgan fingerprint density at radius 2 is 1.67 bits per heavy atom. The molecule has 0 saturated heterocycles. The van der Waals surface area contributed by atoms with Crippen molar-refractivity contribution in [2.75, 3.05) is 0 Å². The largest absolute Gasteiger partial charge is 0.480 e. The van der Waals surface area contributed by atoms with Gasteiger partial charge in [0, 0.05) is 5.41 Å². The van der Waals surface area contributed by atoms with E-state index in [1.54, 1.807) is 34.6 Å². The third-order valence-electron chi connectivity index (χ3n) is 4.47. The fourth-order valence-corrected chi connectivity index (χ4v) is 3.01. The minimum Gasteiger partial charge on any atom is -0.480 e. The molecule has 6 nitrogen and oxygen atoms in total. The van der Waals surface area contributed by atoms with E-state index in [0.29, 0.717) is 12.8 Å². The first-order chi connectivity index (χ1) is 9.41. The van der Waals surface area contributed by atoms with E-state index in [-0.39, 0.29) is 0 Å². The highest BCUT2D eigenvalue weighted by Crippen LogP contribution is 2.45. The van der Waals surface area contributed by atoms with Gasteiger partial charge in [0.2, 0.25) is 0 Å². The summed E-state index contributed by atoms with van der Waals surface area (Å²) in [5.41, 5.74) is 3.86. The lowest BCUT2D eigenvalue weighted by molar-refractivity contribution is -0.143. The molecule has 0 aliphatic heterocycles. The number of nitrogens with one attached hydrogen (secondary N) is 1. The molecule has 1 fully saturated rings. The van der Waals surface area contributed by atoms with Gasteiger partial charge in [-0.2, -0.15) is 0 Å². The zero-order valence-electron chi connectivity index (χ0n) is 13.7. The first kappa shape index (κ1) is 17.8. The molecule has 0 aromatic heterocycles. The average Bonchev–Trinajstić information content (AvgIpc) is 2.75. The summed E-state index contributed by atoms with van der Waals surface area (Å²) in [6, 6.07) is -1.05. The summed E-state index contributed by atoms with van der Waals surface area (Å²) in [4.78, 5) is 23.4. The molecular formula is C15H28N2O4. The minimum atomic E-state index is -1.06. The third-order valence-corrected chi connectivity index (χ3v) is 4.47. The number of carbonyl (C=O) groups excluding carboxylic acids is 1. The van der Waals surface area contributed by atoms with Crippen molar-refractivity contribution < 1.29 is 19.4 Å². The molecule has 0 bridgehead atoms. The van der Waals surface area contributed by atoms with Crippen LogP contribution in [0.1, 0.15) is 60.3 Å². The second-order valence-corrected chi connectivity index (χ2v) is 7.45. The van der Waals surface area contributed by atoms with Gasteiger partial charge in [0.1, 0.15) is 11.6 Å². The second-order valence-electron chi connectivity index (χ2n) is 7.45. The molecule has 0 spiro atoms. The Bertz CT molecular complexity index is 406. The zero-order valence-corrected chi connectivity index (χ0v) is 13.7. The Morgan fingerprint density at radius 1 is 1.19 bits per heavy atom. The van der Waals surface area contributed by atoms with Gasteiger partial charge in [-0.1, -0.05) is 26.7 Å². The summed E-state index contributed by atoms with van der Waals surface area (Å²) in [6.45, 7) is 8.98. The maximum atomic E-state index is 12.1. The van der Waals surface area contributed by atoms with Crippen LogP contribution in [0, 0.1) is 5.41 Å². The first-order valence-corrected chi connectivity index (χ1v) is 7.41. The van der Waals surface area contributed by atoms with Crippen LogP contribution in [0.5, 0.6) is 0 Å². The van der Waals surface area contributed by atoms with E-state index in [0.717, 1.165) is 12.8 Å². The first-order valence-electron chi connectivity index (χ1n) is 7.41. The molecule has 0 radical (unpaired) electrons. The van der Waals surface area contributed by atoms with Crippen LogP contribution in [0.4, 0.5) is 4.79 Å². The highest BCUT2D eigenvalue weighted by molar-refractivity contribution is 5.75. The van der Waals surface area contributed by atoms with E-state index in [9.17, 15) is 14.7 Å². The van der Waals surface area contributed by atoms with E-state index in [1.807, 2.05) is 0 Å². The van der Waals surface area contributed by atoms with Crippen molar-refractivity contribution in [2.24, 2.45) is 11.1 Å². The zero-order chi connectivity index (χ0) is 16.5. The summed E-state index contributed by atoms with van der Waals surface area (Å²) in [5.74, 6) is -1.06. The molecule has 1 saturated carbocycles. The Morgan fingerprint density at radius 3 is 2.05 bits per heavy atom. The number of rotatable bonds is 4. The number of carboxylic acid groups (broad SMARTS) is 1. The van der Waals surface area contributed by atoms with Gasteiger partial charge in [-0.25, -0.2) is 4.79 Å². The van der Waals surface area contributed by atoms with E-state index in [4.69, 9.17) is 10.5 Å². The average molecular weight is 300 g/mol. The van der Waals surface area contributed by atoms with Gasteiger partial charge in [-0.3, -0.25) is 4.79 Å². The van der Waals surface area contributed by atoms with Crippen molar-refractivity contribution >= 4 is 12.1 Å². The van der Waals surface area contributed by atoms with Crippen LogP contribution in [-0.2, 0) is 9.53 Å². The molecule has 1 aliphatic carbocycles. The number of ether oxygens (including phenoxy) is 1. The van der Waals surface area contributed by atoms with Crippen LogP contribution in [0.2, 0.25) is 0 Å². The number of alkyl carbamates (subject to hydrolysis) is 1. The molecule has 1 unspecified atom stereocenters. The van der Waals surface area contributed by atoms with Crippen molar-refractivity contribution in [3.63, 3.8) is 0 Å². The van der Waals surface area contributed by atoms with Crippen LogP contribution in [0.15, 0.2) is 0 Å². The maximum absolute atomic E-state index is 12.1. The highest BCUT2D eigenvalue weighted by Gasteiger charge is 2.53. The second kappa shape index (κ2) is 5.83. The number of hydrogen-bond acceptors (Lipinski definition) is 4. The fraction of sp³-hybridized carbons (Fsp3) is 0.867. The number of carboxylic acids is 1. The van der Waals surface area contributed by atoms with Gasteiger partial charge in [-0.15, -0.1) is 0 Å². The SMILES string of the molecule is CC(C)(C)OC(=O)NC1(C(C)(C)C(N)C(=O)O)CCCC1. The molecule has 6 heteroatoms. The molecule has 1 atom stereocenters. The van der Waals surface area contributed by atoms with E-state index in [1.165, 1.54) is 0 Å². The van der Waals surface area contributed by atoms with Crippen molar-refractivity contribution in [3.8, 4) is 0 Å². The van der Waals surface area contributed by atoms with Gasteiger partial charge < -0.3 is 20.9 Å². The van der Waals surface area contributed by atoms with Crippen molar-refractivity contribution in [2.45, 2.75) is 77.5 Å². The molecule has 1 aliphatic rings. The predicted molar refractivity (Wildman–Crippen MR) is 80.0 cm³/mol. The van der Waals surface area contributed by atoms with Gasteiger partial charge in [0.15, 0.2) is 0 Å². The minimum absolute atomic E-state index is 0.518. The normalized spacial score (nSPS) is 19.9. The quantitative estimate of drug-likeness (QED) is 0.739. The standard InChI is InChI=1S/C15H28N2O4/c1-13(2,3)21-12(20)17-15(8-6-7-9-15)14(4,5)10(16)11(18)19/h10H,6-9,16H2,1-5H3,(H,17,20)(H,18,19). The molecular weight excluding hydrogens is 272 g/mol. The third kappa shape index (κ3) is 3.87. The van der Waals surface area contributed by atoms with E-state index in [2.05, 4.69) is 5.32 Å². The van der Waals surface area contributed by atoms with Crippen LogP contribution in [0.3, 0.4) is 0 Å². The van der Waals surface area contributed by atoms with Crippen molar-refractivity contribution in [3.05, 3.63) is 0 Å². The smallest absolute Gasteiger partial charge is 0.408 e. The lowest BCUT2D eigenvalue weighted by Gasteiger charge is -2.47. The van der Waals surface area contributed by atoms with Crippen LogP contribution >= 0.6 is 0 Å². The van der Waals surface area contributed by atoms with Gasteiger partial charge >= 0.3 is 12.1 Å². The Balaban J connectivity index is 2.99. The van der Waals surface area contributed by atoms with E-state index < -0.39 is 34.7 Å². The molecule has 1 amide bonds. The van der Waals surface area contributed by atoms with Gasteiger partial charge in [-0.05, 0) is 33.6 Å². The Labute approximate surface area is 126 Å². The van der Waals surface area contributed by atoms with Crippen molar-refractivity contribution in [1.29, 1.82) is 0 Å². The molecule has 0 aromatic rings. The summed E-state index contributed by atoms with van der Waals surface area (Å²) in [6.07, 6.45) is 2.77. The number of nitrogens with two attached hydrogens (primary N) is 1. The molecule has 1 rings (SSSR count). The number of carbonyl (C=O) groups is 2. The van der Waals surface area contributed by atoms with Crippen molar-refractivity contribution in [1.82, 2.24) is 5.32 Å². The lowest BCUT2D eigenvalue weighted by Crippen LogP contribution is -2.64. The summed E-state index contributed by atoms with van der Waals surface area (Å²) in [5, 5.41) is 12.2. The predicted octanol–water partition coefficient (Wildman–Crippen LogP) is 2.26. The van der Waals surface area contributed by atoms with Crippen LogP contribution < -0.4 is 11.1 Å². The molecule has 0 aromatic carbocycles. The maximum Gasteiger partial charge on any atom is 0.408 e. The highest BCUT2D eigenvalue weighted by atomic mass is 16.6. The number of hydrogen-bond donors (Lipinski definition) is 3. The molecule has 21 heavy (non-hydrogen) atoms. The number of amides is 1. The van der Waals surface area contributed by atoms with Crippen LogP contribution in [0.25, 0.3) is 0 Å². The molecule has 4 N–H and O–H groups in total. The van der Waals surface area contributed by atoms with Gasteiger partial charge in [0.25, 0.3) is 0 Å². The molecule has 122 valence electrons. The number of aliphatic carboxylic acids is 1. The monoisotopic (exact) mass is 300 g/mol. The van der Waals surface area contributed by atoms with E-state index >= 15 is 0 Å². The van der Waals surface area contributed by atoms with Gasteiger partial charge in [0.05, 0.1) is 5.54 Å². The Hall–Kier alpha value is -1.30. The summed E-state index contributed by atoms with van der Waals surface area (Å²) in [7, 11) is 0. The lowest BCUT2D eigenvalue weighted by atomic mass is 9.66. The topological polar surface area (TPSA) is 102 Å². The Kier molecular flexibility index (Phi) is 4.93. The molecule has 0 heterocycles. The summed E-state index contributed by atoms with van der Waals surface area (Å²) >= 11 is 0.